The summed E-state index contributed by atoms with van der Waals surface area (Å²) in [4.78, 5) is 13.2. The van der Waals surface area contributed by atoms with Crippen LogP contribution >= 0.6 is 12.2 Å². The summed E-state index contributed by atoms with van der Waals surface area (Å²) < 4.78 is 9.10. The first-order valence-electron chi connectivity index (χ1n) is 8.27. The molecule has 1 aliphatic heterocycles. The third-order valence-electron chi connectivity index (χ3n) is 4.25. The fourth-order valence-electron chi connectivity index (χ4n) is 3.07. The molecule has 1 aromatic carbocycles. The lowest BCUT2D eigenvalue weighted by Gasteiger charge is -2.28. The first-order chi connectivity index (χ1) is 11.7. The number of likely N-dealkylation sites (tertiary alicyclic amines) is 1. The zero-order valence-electron chi connectivity index (χ0n) is 13.7. The molecular weight excluding hydrogens is 326 g/mol. The highest BCUT2D eigenvalue weighted by Gasteiger charge is 2.30. The first kappa shape index (κ1) is 16.8. The van der Waals surface area contributed by atoms with Crippen LogP contribution in [0.1, 0.15) is 19.8 Å². The molecule has 7 nitrogen and oxygen atoms in total. The lowest BCUT2D eigenvalue weighted by molar-refractivity contribution is -0.930. The summed E-state index contributed by atoms with van der Waals surface area (Å²) in [5, 5.41) is 8.34. The number of ether oxygens (including phenoxy) is 1. The molecule has 2 atom stereocenters. The number of aromatic nitrogens is 4. The number of carbonyl (C=O) groups excluding carboxylic acids is 1. The highest BCUT2D eigenvalue weighted by Crippen LogP contribution is 2.10. The summed E-state index contributed by atoms with van der Waals surface area (Å²) in [5.74, 6) is -0.127. The van der Waals surface area contributed by atoms with Crippen LogP contribution in [0, 0.1) is 10.7 Å². The highest BCUT2D eigenvalue weighted by molar-refractivity contribution is 7.71. The van der Waals surface area contributed by atoms with Gasteiger partial charge < -0.3 is 9.64 Å². The van der Waals surface area contributed by atoms with Crippen molar-refractivity contribution in [1.29, 1.82) is 0 Å². The molecule has 0 radical (unpaired) electrons. The summed E-state index contributed by atoms with van der Waals surface area (Å²) in [6.07, 6.45) is 1.89. The molecule has 8 heteroatoms. The number of quaternary nitrogens is 1. The molecule has 128 valence electrons. The minimum Gasteiger partial charge on any atom is -0.466 e. The van der Waals surface area contributed by atoms with Gasteiger partial charge in [0.05, 0.1) is 25.4 Å². The Balaban J connectivity index is 1.69. The van der Waals surface area contributed by atoms with E-state index in [0.717, 1.165) is 31.6 Å². The van der Waals surface area contributed by atoms with Crippen LogP contribution in [0.4, 0.5) is 0 Å². The van der Waals surface area contributed by atoms with Gasteiger partial charge in [-0.25, -0.2) is 0 Å². The SMILES string of the molecule is CCOC(=O)[C@H]1CCC[NH+](Cn2nnn(-c3ccccc3)c2=S)C1. The smallest absolute Gasteiger partial charge is 0.314 e. The van der Waals surface area contributed by atoms with Crippen molar-refractivity contribution in [2.75, 3.05) is 19.7 Å². The van der Waals surface area contributed by atoms with Crippen LogP contribution in [0.5, 0.6) is 0 Å². The lowest BCUT2D eigenvalue weighted by Crippen LogP contribution is -3.13. The van der Waals surface area contributed by atoms with Crippen molar-refractivity contribution in [2.24, 2.45) is 5.92 Å². The van der Waals surface area contributed by atoms with E-state index in [4.69, 9.17) is 17.0 Å². The molecule has 2 aromatic rings. The van der Waals surface area contributed by atoms with E-state index in [0.29, 0.717) is 18.0 Å². The van der Waals surface area contributed by atoms with Gasteiger partial charge in [0.25, 0.3) is 0 Å². The van der Waals surface area contributed by atoms with Crippen LogP contribution in [0.2, 0.25) is 0 Å². The quantitative estimate of drug-likeness (QED) is 0.634. The van der Waals surface area contributed by atoms with Crippen LogP contribution < -0.4 is 4.90 Å². The summed E-state index contributed by atoms with van der Waals surface area (Å²) in [5.41, 5.74) is 0.895. The number of rotatable bonds is 5. The molecular formula is C16H22N5O2S+. The monoisotopic (exact) mass is 348 g/mol. The summed E-state index contributed by atoms with van der Waals surface area (Å²) >= 11 is 5.49. The minimum absolute atomic E-state index is 0.0351. The molecule has 1 N–H and O–H groups in total. The molecule has 2 heterocycles. The fourth-order valence-corrected chi connectivity index (χ4v) is 3.32. The topological polar surface area (TPSA) is 66.4 Å². The van der Waals surface area contributed by atoms with Crippen LogP contribution in [-0.2, 0) is 16.2 Å². The second-order valence-electron chi connectivity index (χ2n) is 5.96. The Kier molecular flexibility index (Phi) is 5.37. The fraction of sp³-hybridized carbons (Fsp3) is 0.500. The van der Waals surface area contributed by atoms with Gasteiger partial charge in [0, 0.05) is 0 Å². The predicted octanol–water partition coefficient (Wildman–Crippen LogP) is 0.614. The largest absolute Gasteiger partial charge is 0.466 e. The molecule has 0 bridgehead atoms. The number of nitrogens with zero attached hydrogens (tertiary/aromatic N) is 4. The van der Waals surface area contributed by atoms with Crippen molar-refractivity contribution in [3.8, 4) is 5.69 Å². The van der Waals surface area contributed by atoms with Crippen LogP contribution in [0.3, 0.4) is 0 Å². The third-order valence-corrected chi connectivity index (χ3v) is 4.64. The lowest BCUT2D eigenvalue weighted by atomic mass is 9.99. The first-order valence-corrected chi connectivity index (χ1v) is 8.68. The highest BCUT2D eigenvalue weighted by atomic mass is 32.1. The molecule has 1 fully saturated rings. The van der Waals surface area contributed by atoms with Crippen molar-refractivity contribution in [1.82, 2.24) is 19.8 Å². The van der Waals surface area contributed by atoms with E-state index in [1.54, 1.807) is 9.36 Å². The van der Waals surface area contributed by atoms with Crippen LogP contribution in [-0.4, -0.2) is 45.5 Å². The Morgan fingerprint density at radius 1 is 1.38 bits per heavy atom. The molecule has 0 saturated carbocycles. The Morgan fingerprint density at radius 2 is 2.17 bits per heavy atom. The summed E-state index contributed by atoms with van der Waals surface area (Å²) in [6.45, 7) is 4.63. The average Bonchev–Trinajstić information content (AvgIpc) is 2.97. The minimum atomic E-state index is -0.0914. The number of para-hydroxylation sites is 1. The maximum atomic E-state index is 12.0. The van der Waals surface area contributed by atoms with Crippen molar-refractivity contribution in [3.63, 3.8) is 0 Å². The van der Waals surface area contributed by atoms with E-state index in [1.807, 2.05) is 37.3 Å². The van der Waals surface area contributed by atoms with Crippen molar-refractivity contribution in [3.05, 3.63) is 35.1 Å². The van der Waals surface area contributed by atoms with Gasteiger partial charge in [0.1, 0.15) is 5.92 Å². The molecule has 1 saturated heterocycles. The zero-order valence-corrected chi connectivity index (χ0v) is 14.5. The molecule has 0 aliphatic carbocycles. The number of hydrogen-bond donors (Lipinski definition) is 1. The maximum absolute atomic E-state index is 12.0. The Labute approximate surface area is 145 Å². The van der Waals surface area contributed by atoms with Gasteiger partial charge in [-0.2, -0.15) is 9.36 Å². The number of benzene rings is 1. The van der Waals surface area contributed by atoms with Crippen molar-refractivity contribution in [2.45, 2.75) is 26.4 Å². The summed E-state index contributed by atoms with van der Waals surface area (Å²) in [6, 6.07) is 9.72. The van der Waals surface area contributed by atoms with Crippen LogP contribution in [0.15, 0.2) is 30.3 Å². The van der Waals surface area contributed by atoms with E-state index in [-0.39, 0.29) is 11.9 Å². The van der Waals surface area contributed by atoms with Gasteiger partial charge in [-0.05, 0) is 54.5 Å². The third kappa shape index (κ3) is 3.70. The molecule has 1 aromatic heterocycles. The average molecular weight is 348 g/mol. The number of carbonyl (C=O) groups is 1. The van der Waals surface area contributed by atoms with E-state index in [1.165, 1.54) is 4.90 Å². The van der Waals surface area contributed by atoms with Gasteiger partial charge in [0.2, 0.25) is 4.77 Å². The maximum Gasteiger partial charge on any atom is 0.314 e. The Hall–Kier alpha value is -2.06. The number of tetrazole rings is 1. The molecule has 0 spiro atoms. The molecule has 0 amide bonds. The van der Waals surface area contributed by atoms with Gasteiger partial charge in [0.15, 0.2) is 6.67 Å². The standard InChI is InChI=1S/C16H21N5O2S/c1-2-23-15(22)13-7-6-10-19(11-13)12-20-16(24)21(18-17-20)14-8-4-3-5-9-14/h3-5,8-9,13H,2,6-7,10-12H2,1H3/p+1/t13-/m0/s1. The molecule has 24 heavy (non-hydrogen) atoms. The molecule has 1 unspecified atom stereocenters. The summed E-state index contributed by atoms with van der Waals surface area (Å²) in [7, 11) is 0. The van der Waals surface area contributed by atoms with Gasteiger partial charge in [-0.1, -0.05) is 18.2 Å². The number of piperidine rings is 1. The van der Waals surface area contributed by atoms with Crippen molar-refractivity contribution < 1.29 is 14.4 Å². The molecule has 3 rings (SSSR count). The van der Waals surface area contributed by atoms with Gasteiger partial charge >= 0.3 is 5.97 Å². The second kappa shape index (κ2) is 7.67. The van der Waals surface area contributed by atoms with E-state index in [9.17, 15) is 4.79 Å². The van der Waals surface area contributed by atoms with E-state index in [2.05, 4.69) is 10.4 Å². The Bertz CT molecular complexity index is 742. The number of esters is 1. The predicted molar refractivity (Wildman–Crippen MR) is 90.2 cm³/mol. The zero-order chi connectivity index (χ0) is 16.9. The van der Waals surface area contributed by atoms with E-state index >= 15 is 0 Å². The number of hydrogen-bond acceptors (Lipinski definition) is 5. The number of nitrogens with one attached hydrogen (secondary N) is 1. The van der Waals surface area contributed by atoms with Gasteiger partial charge in [-0.3, -0.25) is 4.79 Å². The molecule has 1 aliphatic rings. The normalized spacial score (nSPS) is 20.7. The van der Waals surface area contributed by atoms with Crippen molar-refractivity contribution >= 4 is 18.2 Å². The van der Waals surface area contributed by atoms with Crippen LogP contribution in [0.25, 0.3) is 5.69 Å². The Morgan fingerprint density at radius 3 is 2.92 bits per heavy atom. The van der Waals surface area contributed by atoms with E-state index < -0.39 is 0 Å². The van der Waals surface area contributed by atoms with Gasteiger partial charge in [-0.15, -0.1) is 0 Å². The second-order valence-corrected chi connectivity index (χ2v) is 6.33.